The molecule has 0 aliphatic rings. The minimum atomic E-state index is -0.682. The number of carbonyl (C=O) groups is 1. The molecule has 1 aromatic rings. The highest BCUT2D eigenvalue weighted by Crippen LogP contribution is 2.28. The van der Waals surface area contributed by atoms with E-state index in [1.165, 1.54) is 12.1 Å². The Balaban J connectivity index is 2.78. The van der Waals surface area contributed by atoms with Crippen molar-refractivity contribution in [2.75, 3.05) is 11.9 Å². The average Bonchev–Trinajstić information content (AvgIpc) is 2.28. The molecule has 0 fully saturated rings. The van der Waals surface area contributed by atoms with Crippen LogP contribution in [0.15, 0.2) is 18.2 Å². The van der Waals surface area contributed by atoms with Gasteiger partial charge in [0, 0.05) is 0 Å². The minimum Gasteiger partial charge on any atom is -0.508 e. The number of nitrogens with zero attached hydrogens (tertiary/aromatic N) is 1. The molecule has 98 valence electrons. The molecule has 18 heavy (non-hydrogen) atoms. The van der Waals surface area contributed by atoms with Crippen LogP contribution in [0.5, 0.6) is 5.75 Å². The summed E-state index contributed by atoms with van der Waals surface area (Å²) >= 11 is 0. The fourth-order valence-corrected chi connectivity index (χ4v) is 1.21. The molecule has 0 aliphatic carbocycles. The summed E-state index contributed by atoms with van der Waals surface area (Å²) in [6.45, 7) is 3.36. The fourth-order valence-electron chi connectivity index (χ4n) is 1.21. The summed E-state index contributed by atoms with van der Waals surface area (Å²) in [5.41, 5.74) is -0.344. The third-order valence-corrected chi connectivity index (χ3v) is 2.00. The minimum absolute atomic E-state index is 0.0233. The van der Waals surface area contributed by atoms with Crippen molar-refractivity contribution in [2.45, 2.75) is 20.0 Å². The number of phenolic OH excluding ortho intramolecular Hbond substituents is 1. The first-order chi connectivity index (χ1) is 8.40. The molecule has 0 unspecified atom stereocenters. The maximum atomic E-state index is 11.5. The van der Waals surface area contributed by atoms with Gasteiger partial charge < -0.3 is 15.2 Å². The van der Waals surface area contributed by atoms with Gasteiger partial charge in [-0.3, -0.25) is 14.9 Å². The van der Waals surface area contributed by atoms with Crippen molar-refractivity contribution in [1.82, 2.24) is 0 Å². The van der Waals surface area contributed by atoms with Gasteiger partial charge in [-0.1, -0.05) is 0 Å². The summed E-state index contributed by atoms with van der Waals surface area (Å²) in [5.74, 6) is -0.726. The Morgan fingerprint density at radius 2 is 2.22 bits per heavy atom. The van der Waals surface area contributed by atoms with Gasteiger partial charge in [-0.05, 0) is 26.0 Å². The summed E-state index contributed by atoms with van der Waals surface area (Å²) in [4.78, 5) is 21.5. The smallest absolute Gasteiger partial charge is 0.296 e. The number of carbonyl (C=O) groups excluding carboxylic acids is 1. The highest BCUT2D eigenvalue weighted by atomic mass is 16.6. The van der Waals surface area contributed by atoms with E-state index in [0.717, 1.165) is 6.07 Å². The van der Waals surface area contributed by atoms with Crippen LogP contribution in [0.1, 0.15) is 13.8 Å². The maximum absolute atomic E-state index is 11.5. The van der Waals surface area contributed by atoms with Crippen LogP contribution in [0, 0.1) is 10.1 Å². The van der Waals surface area contributed by atoms with Gasteiger partial charge in [-0.25, -0.2) is 0 Å². The van der Waals surface area contributed by atoms with E-state index in [1.54, 1.807) is 13.8 Å². The Morgan fingerprint density at radius 1 is 1.56 bits per heavy atom. The predicted molar refractivity (Wildman–Crippen MR) is 64.5 cm³/mol. The van der Waals surface area contributed by atoms with Crippen molar-refractivity contribution >= 4 is 17.3 Å². The third kappa shape index (κ3) is 4.02. The molecular formula is C11H14N2O5. The lowest BCUT2D eigenvalue weighted by atomic mass is 10.2. The van der Waals surface area contributed by atoms with Gasteiger partial charge in [0.2, 0.25) is 0 Å². The zero-order valence-electron chi connectivity index (χ0n) is 10.0. The highest BCUT2D eigenvalue weighted by molar-refractivity contribution is 5.94. The van der Waals surface area contributed by atoms with Crippen LogP contribution < -0.4 is 5.32 Å². The van der Waals surface area contributed by atoms with E-state index >= 15 is 0 Å². The lowest BCUT2D eigenvalue weighted by Crippen LogP contribution is -2.21. The number of benzene rings is 1. The van der Waals surface area contributed by atoms with E-state index in [1.807, 2.05) is 0 Å². The number of amides is 1. The SMILES string of the molecule is CC(C)OCC(=O)Nc1ccc(O)cc1[N+](=O)[O-]. The molecule has 1 rings (SSSR count). The number of hydrogen-bond acceptors (Lipinski definition) is 5. The lowest BCUT2D eigenvalue weighted by molar-refractivity contribution is -0.384. The number of nitro benzene ring substituents is 1. The Morgan fingerprint density at radius 3 is 2.78 bits per heavy atom. The maximum Gasteiger partial charge on any atom is 0.296 e. The van der Waals surface area contributed by atoms with E-state index in [0.29, 0.717) is 0 Å². The van der Waals surface area contributed by atoms with Crippen LogP contribution in [-0.2, 0) is 9.53 Å². The van der Waals surface area contributed by atoms with Crippen LogP contribution in [0.3, 0.4) is 0 Å². The topological polar surface area (TPSA) is 102 Å². The predicted octanol–water partition coefficient (Wildman–Crippen LogP) is 1.66. The molecule has 1 amide bonds. The number of nitro groups is 1. The summed E-state index contributed by atoms with van der Waals surface area (Å²) in [6.07, 6.45) is -0.106. The molecule has 2 N–H and O–H groups in total. The standard InChI is InChI=1S/C11H14N2O5/c1-7(2)18-6-11(15)12-9-4-3-8(14)5-10(9)13(16)17/h3-5,7,14H,6H2,1-2H3,(H,12,15). The highest BCUT2D eigenvalue weighted by Gasteiger charge is 2.16. The number of anilines is 1. The summed E-state index contributed by atoms with van der Waals surface area (Å²) in [7, 11) is 0. The number of ether oxygens (including phenoxy) is 1. The van der Waals surface area contributed by atoms with Gasteiger partial charge in [-0.15, -0.1) is 0 Å². The summed E-state index contributed by atoms with van der Waals surface area (Å²) in [5, 5.41) is 22.2. The first-order valence-corrected chi connectivity index (χ1v) is 5.29. The molecule has 7 nitrogen and oxygen atoms in total. The van der Waals surface area contributed by atoms with E-state index in [4.69, 9.17) is 9.84 Å². The Hall–Kier alpha value is -2.15. The number of phenols is 1. The molecular weight excluding hydrogens is 240 g/mol. The molecule has 0 heterocycles. The van der Waals surface area contributed by atoms with Crippen molar-refractivity contribution in [2.24, 2.45) is 0 Å². The lowest BCUT2D eigenvalue weighted by Gasteiger charge is -2.08. The van der Waals surface area contributed by atoms with Crippen LogP contribution in [-0.4, -0.2) is 28.6 Å². The van der Waals surface area contributed by atoms with E-state index in [2.05, 4.69) is 5.32 Å². The summed E-state index contributed by atoms with van der Waals surface area (Å²) < 4.78 is 5.07. The van der Waals surface area contributed by atoms with Crippen molar-refractivity contribution in [3.05, 3.63) is 28.3 Å². The molecule has 0 bridgehead atoms. The van der Waals surface area contributed by atoms with Gasteiger partial charge in [0.25, 0.3) is 11.6 Å². The van der Waals surface area contributed by atoms with E-state index < -0.39 is 10.8 Å². The average molecular weight is 254 g/mol. The monoisotopic (exact) mass is 254 g/mol. The number of nitrogens with one attached hydrogen (secondary N) is 1. The zero-order valence-corrected chi connectivity index (χ0v) is 10.0. The Bertz CT molecular complexity index is 459. The Labute approximate surface area is 104 Å². The van der Waals surface area contributed by atoms with Crippen molar-refractivity contribution in [1.29, 1.82) is 0 Å². The third-order valence-electron chi connectivity index (χ3n) is 2.00. The first kappa shape index (κ1) is 13.9. The molecule has 0 spiro atoms. The van der Waals surface area contributed by atoms with Crippen LogP contribution in [0.4, 0.5) is 11.4 Å². The van der Waals surface area contributed by atoms with Crippen molar-refractivity contribution < 1.29 is 19.6 Å². The van der Waals surface area contributed by atoms with Crippen LogP contribution in [0.25, 0.3) is 0 Å². The Kier molecular flexibility index (Phi) is 4.61. The zero-order chi connectivity index (χ0) is 13.7. The molecule has 0 radical (unpaired) electrons. The van der Waals surface area contributed by atoms with Crippen molar-refractivity contribution in [3.8, 4) is 5.75 Å². The molecule has 1 aromatic carbocycles. The van der Waals surface area contributed by atoms with Gasteiger partial charge in [-0.2, -0.15) is 0 Å². The number of hydrogen-bond donors (Lipinski definition) is 2. The second-order valence-corrected chi connectivity index (χ2v) is 3.87. The van der Waals surface area contributed by atoms with E-state index in [-0.39, 0.29) is 29.8 Å². The van der Waals surface area contributed by atoms with Gasteiger partial charge >= 0.3 is 0 Å². The largest absolute Gasteiger partial charge is 0.508 e. The second-order valence-electron chi connectivity index (χ2n) is 3.87. The van der Waals surface area contributed by atoms with Gasteiger partial charge in [0.15, 0.2) is 0 Å². The van der Waals surface area contributed by atoms with Crippen LogP contribution in [0.2, 0.25) is 0 Å². The molecule has 0 aliphatic heterocycles. The molecule has 0 atom stereocenters. The first-order valence-electron chi connectivity index (χ1n) is 5.29. The van der Waals surface area contributed by atoms with Gasteiger partial charge in [0.1, 0.15) is 18.0 Å². The number of rotatable bonds is 5. The van der Waals surface area contributed by atoms with Crippen molar-refractivity contribution in [3.63, 3.8) is 0 Å². The normalized spacial score (nSPS) is 10.4. The molecule has 0 saturated heterocycles. The summed E-state index contributed by atoms with van der Waals surface area (Å²) in [6, 6.07) is 3.49. The number of aromatic hydroxyl groups is 1. The quantitative estimate of drug-likeness (QED) is 0.472. The second kappa shape index (κ2) is 5.97. The van der Waals surface area contributed by atoms with Gasteiger partial charge in [0.05, 0.1) is 17.1 Å². The molecule has 0 aromatic heterocycles. The fraction of sp³-hybridized carbons (Fsp3) is 0.364. The van der Waals surface area contributed by atoms with E-state index in [9.17, 15) is 14.9 Å². The van der Waals surface area contributed by atoms with Crippen LogP contribution >= 0.6 is 0 Å². The molecule has 0 saturated carbocycles. The molecule has 7 heteroatoms.